The molecule has 3 aromatic rings. The molecule has 0 bridgehead atoms. The maximum atomic E-state index is 11.9. The van der Waals surface area contributed by atoms with E-state index >= 15 is 0 Å². The molecule has 7 nitrogen and oxygen atoms in total. The van der Waals surface area contributed by atoms with Crippen molar-refractivity contribution >= 4 is 29.0 Å². The molecule has 122 valence electrons. The van der Waals surface area contributed by atoms with Gasteiger partial charge in [-0.3, -0.25) is 5.32 Å². The van der Waals surface area contributed by atoms with Crippen molar-refractivity contribution in [2.75, 3.05) is 5.32 Å². The quantitative estimate of drug-likeness (QED) is 0.769. The minimum atomic E-state index is -1.05. The van der Waals surface area contributed by atoms with Crippen LogP contribution in [0.3, 0.4) is 0 Å². The van der Waals surface area contributed by atoms with E-state index in [4.69, 9.17) is 4.74 Å². The fourth-order valence-electron chi connectivity index (χ4n) is 2.40. The summed E-state index contributed by atoms with van der Waals surface area (Å²) in [4.78, 5) is 27.5. The van der Waals surface area contributed by atoms with E-state index < -0.39 is 12.1 Å². The minimum absolute atomic E-state index is 0.119. The Labute approximate surface area is 137 Å². The maximum Gasteiger partial charge on any atom is 0.414 e. The first-order valence-electron chi connectivity index (χ1n) is 7.22. The van der Waals surface area contributed by atoms with Crippen molar-refractivity contribution in [2.45, 2.75) is 6.61 Å². The fourth-order valence-corrected chi connectivity index (χ4v) is 2.40. The van der Waals surface area contributed by atoms with Crippen LogP contribution in [0.4, 0.5) is 10.7 Å². The molecule has 0 unspecified atom stereocenters. The molecule has 0 fully saturated rings. The summed E-state index contributed by atoms with van der Waals surface area (Å²) in [6, 6.07) is 14.1. The predicted octanol–water partition coefficient (Wildman–Crippen LogP) is 3.02. The Bertz CT molecular complexity index is 903. The number of aromatic nitrogens is 2. The van der Waals surface area contributed by atoms with Crippen LogP contribution < -0.4 is 5.32 Å². The number of carboxylic acids is 1. The van der Waals surface area contributed by atoms with Crippen LogP contribution in [0.25, 0.3) is 11.0 Å². The lowest BCUT2D eigenvalue weighted by molar-refractivity contribution is 0.0698. The van der Waals surface area contributed by atoms with Crippen LogP contribution in [0.5, 0.6) is 0 Å². The largest absolute Gasteiger partial charge is 0.478 e. The smallest absolute Gasteiger partial charge is 0.414 e. The van der Waals surface area contributed by atoms with Crippen molar-refractivity contribution in [3.05, 3.63) is 59.7 Å². The zero-order valence-electron chi connectivity index (χ0n) is 12.9. The Hall–Kier alpha value is -3.35. The Kier molecular flexibility index (Phi) is 4.15. The van der Waals surface area contributed by atoms with Gasteiger partial charge in [0.15, 0.2) is 0 Å². The van der Waals surface area contributed by atoms with Gasteiger partial charge in [0.05, 0.1) is 16.6 Å². The minimum Gasteiger partial charge on any atom is -0.478 e. The third-order valence-corrected chi connectivity index (χ3v) is 3.55. The molecule has 1 heterocycles. The molecular weight excluding hydrogens is 310 g/mol. The van der Waals surface area contributed by atoms with Crippen molar-refractivity contribution in [2.24, 2.45) is 7.05 Å². The van der Waals surface area contributed by atoms with Gasteiger partial charge >= 0.3 is 12.1 Å². The molecule has 0 saturated carbocycles. The molecule has 24 heavy (non-hydrogen) atoms. The van der Waals surface area contributed by atoms with Gasteiger partial charge in [0.25, 0.3) is 0 Å². The SMILES string of the molecule is Cn1c(NC(=O)OCc2ccccc2)nc2cccc(C(=O)O)c21. The average molecular weight is 325 g/mol. The van der Waals surface area contributed by atoms with Gasteiger partial charge in [-0.05, 0) is 17.7 Å². The van der Waals surface area contributed by atoms with Crippen LogP contribution in [0.1, 0.15) is 15.9 Å². The number of fused-ring (bicyclic) bond motifs is 1. The standard InChI is InChI=1S/C17H15N3O4/c1-20-14-12(15(21)22)8-5-9-13(14)18-16(20)19-17(23)24-10-11-6-3-2-4-7-11/h2-9H,10H2,1H3,(H,21,22)(H,18,19,23). The molecule has 0 aliphatic carbocycles. The van der Waals surface area contributed by atoms with Crippen LogP contribution in [0.15, 0.2) is 48.5 Å². The van der Waals surface area contributed by atoms with Crippen molar-refractivity contribution in [1.29, 1.82) is 0 Å². The lowest BCUT2D eigenvalue weighted by Gasteiger charge is -2.07. The van der Waals surface area contributed by atoms with Gasteiger partial charge in [-0.25, -0.2) is 14.6 Å². The molecule has 1 aromatic heterocycles. The number of ether oxygens (including phenoxy) is 1. The highest BCUT2D eigenvalue weighted by Crippen LogP contribution is 2.22. The van der Waals surface area contributed by atoms with Crippen LogP contribution in [0, 0.1) is 0 Å². The molecule has 7 heteroatoms. The second kappa shape index (κ2) is 6.41. The highest BCUT2D eigenvalue weighted by atomic mass is 16.5. The van der Waals surface area contributed by atoms with Gasteiger partial charge in [0, 0.05) is 7.05 Å². The summed E-state index contributed by atoms with van der Waals surface area (Å²) in [5.41, 5.74) is 1.90. The van der Waals surface area contributed by atoms with E-state index in [2.05, 4.69) is 10.3 Å². The second-order valence-corrected chi connectivity index (χ2v) is 5.16. The van der Waals surface area contributed by atoms with Crippen LogP contribution in [0.2, 0.25) is 0 Å². The molecule has 3 rings (SSSR count). The number of amides is 1. The molecular formula is C17H15N3O4. The summed E-state index contributed by atoms with van der Waals surface area (Å²) in [5, 5.41) is 11.8. The fraction of sp³-hybridized carbons (Fsp3) is 0.118. The van der Waals surface area contributed by atoms with Crippen molar-refractivity contribution in [3.8, 4) is 0 Å². The monoisotopic (exact) mass is 325 g/mol. The Balaban J connectivity index is 1.78. The zero-order valence-corrected chi connectivity index (χ0v) is 12.9. The number of aromatic carboxylic acids is 1. The van der Waals surface area contributed by atoms with Crippen LogP contribution >= 0.6 is 0 Å². The first-order chi connectivity index (χ1) is 11.6. The summed E-state index contributed by atoms with van der Waals surface area (Å²) < 4.78 is 6.66. The van der Waals surface area contributed by atoms with E-state index in [0.29, 0.717) is 11.0 Å². The number of hydrogen-bond donors (Lipinski definition) is 2. The Morgan fingerprint density at radius 1 is 1.17 bits per heavy atom. The summed E-state index contributed by atoms with van der Waals surface area (Å²) in [5.74, 6) is -0.835. The number of nitrogens with zero attached hydrogens (tertiary/aromatic N) is 2. The van der Waals surface area contributed by atoms with Crippen molar-refractivity contribution in [1.82, 2.24) is 9.55 Å². The van der Waals surface area contributed by atoms with Gasteiger partial charge in [-0.2, -0.15) is 0 Å². The number of benzene rings is 2. The number of rotatable bonds is 4. The normalized spacial score (nSPS) is 10.5. The van der Waals surface area contributed by atoms with Gasteiger partial charge in [0.1, 0.15) is 6.61 Å². The molecule has 0 spiro atoms. The molecule has 0 aliphatic rings. The van der Waals surface area contributed by atoms with Gasteiger partial charge in [-0.1, -0.05) is 36.4 Å². The topological polar surface area (TPSA) is 93.5 Å². The van der Waals surface area contributed by atoms with Gasteiger partial charge < -0.3 is 14.4 Å². The number of imidazole rings is 1. The molecule has 0 radical (unpaired) electrons. The maximum absolute atomic E-state index is 11.9. The lowest BCUT2D eigenvalue weighted by atomic mass is 10.2. The van der Waals surface area contributed by atoms with E-state index in [1.165, 1.54) is 10.6 Å². The summed E-state index contributed by atoms with van der Waals surface area (Å²) in [6.45, 7) is 0.136. The molecule has 1 amide bonds. The van der Waals surface area contributed by atoms with E-state index in [-0.39, 0.29) is 18.1 Å². The van der Waals surface area contributed by atoms with E-state index in [1.807, 2.05) is 30.3 Å². The number of carbonyl (C=O) groups excluding carboxylic acids is 1. The van der Waals surface area contributed by atoms with Crippen molar-refractivity contribution in [3.63, 3.8) is 0 Å². The number of anilines is 1. The third-order valence-electron chi connectivity index (χ3n) is 3.55. The van der Waals surface area contributed by atoms with Crippen LogP contribution in [-0.2, 0) is 18.4 Å². The Morgan fingerprint density at radius 3 is 2.62 bits per heavy atom. The van der Waals surface area contributed by atoms with Crippen LogP contribution in [-0.4, -0.2) is 26.7 Å². The predicted molar refractivity (Wildman–Crippen MR) is 87.9 cm³/mol. The van der Waals surface area contributed by atoms with E-state index in [0.717, 1.165) is 5.56 Å². The van der Waals surface area contributed by atoms with E-state index in [1.54, 1.807) is 19.2 Å². The molecule has 0 saturated heterocycles. The van der Waals surface area contributed by atoms with Crippen molar-refractivity contribution < 1.29 is 19.4 Å². The number of carbonyl (C=O) groups is 2. The average Bonchev–Trinajstić information content (AvgIpc) is 2.90. The zero-order chi connectivity index (χ0) is 17.1. The number of carboxylic acid groups (broad SMARTS) is 1. The summed E-state index contributed by atoms with van der Waals surface area (Å²) in [7, 11) is 1.63. The highest BCUT2D eigenvalue weighted by Gasteiger charge is 2.17. The summed E-state index contributed by atoms with van der Waals surface area (Å²) >= 11 is 0. The molecule has 2 N–H and O–H groups in total. The van der Waals surface area contributed by atoms with E-state index in [9.17, 15) is 14.7 Å². The second-order valence-electron chi connectivity index (χ2n) is 5.16. The number of aryl methyl sites for hydroxylation is 1. The third kappa shape index (κ3) is 3.05. The summed E-state index contributed by atoms with van der Waals surface area (Å²) in [6.07, 6.45) is -0.658. The lowest BCUT2D eigenvalue weighted by Crippen LogP contribution is -2.16. The van der Waals surface area contributed by atoms with Gasteiger partial charge in [-0.15, -0.1) is 0 Å². The number of nitrogens with one attached hydrogen (secondary N) is 1. The number of hydrogen-bond acceptors (Lipinski definition) is 4. The number of para-hydroxylation sites is 1. The molecule has 2 aromatic carbocycles. The van der Waals surface area contributed by atoms with Gasteiger partial charge in [0.2, 0.25) is 5.95 Å². The first-order valence-corrected chi connectivity index (χ1v) is 7.22. The Morgan fingerprint density at radius 2 is 1.92 bits per heavy atom. The first kappa shape index (κ1) is 15.5. The molecule has 0 aliphatic heterocycles. The molecule has 0 atom stereocenters. The highest BCUT2D eigenvalue weighted by molar-refractivity contribution is 6.02.